The van der Waals surface area contributed by atoms with Gasteiger partial charge >= 0.3 is 5.97 Å². The molecule has 0 radical (unpaired) electrons. The minimum absolute atomic E-state index is 0.255. The molecule has 0 aliphatic rings. The number of carboxylic acid groups (broad SMARTS) is 1. The second kappa shape index (κ2) is 4.52. The number of aromatic nitrogens is 2. The van der Waals surface area contributed by atoms with Gasteiger partial charge in [-0.3, -0.25) is 19.8 Å². The van der Waals surface area contributed by atoms with Gasteiger partial charge in [0.2, 0.25) is 0 Å². The van der Waals surface area contributed by atoms with Crippen LogP contribution < -0.4 is 5.56 Å². The van der Waals surface area contributed by atoms with Crippen molar-refractivity contribution in [1.82, 2.24) is 10.2 Å². The molecule has 0 aliphatic heterocycles. The first-order chi connectivity index (χ1) is 8.49. The fourth-order valence-electron chi connectivity index (χ4n) is 1.85. The van der Waals surface area contributed by atoms with Crippen molar-refractivity contribution in [2.75, 3.05) is 0 Å². The lowest BCUT2D eigenvalue weighted by atomic mass is 10.0. The molecular weight excluding hydrogens is 232 g/mol. The molecule has 5 heteroatoms. The number of aryl methyl sites for hydroxylation is 2. The Morgan fingerprint density at radius 1 is 1.22 bits per heavy atom. The van der Waals surface area contributed by atoms with E-state index >= 15 is 0 Å². The summed E-state index contributed by atoms with van der Waals surface area (Å²) >= 11 is 0. The van der Waals surface area contributed by atoms with E-state index in [2.05, 4.69) is 10.2 Å². The molecule has 2 aromatic rings. The Morgan fingerprint density at radius 2 is 1.94 bits per heavy atom. The standard InChI is InChI=1S/C13H14N2O3/c1-7-3-4-9(5-8(7)2)12-10(6-11(16)17)13(18)15-14-12/h3-5H,6H2,1-2H3,(H,16,17)(H2,14,15,18). The molecule has 18 heavy (non-hydrogen) atoms. The van der Waals surface area contributed by atoms with Crippen LogP contribution in [0.5, 0.6) is 0 Å². The van der Waals surface area contributed by atoms with Crippen LogP contribution in [0.4, 0.5) is 0 Å². The van der Waals surface area contributed by atoms with E-state index in [9.17, 15) is 9.59 Å². The Balaban J connectivity index is 2.53. The van der Waals surface area contributed by atoms with Crippen LogP contribution in [0.25, 0.3) is 11.3 Å². The van der Waals surface area contributed by atoms with Crippen LogP contribution >= 0.6 is 0 Å². The van der Waals surface area contributed by atoms with E-state index in [4.69, 9.17) is 5.11 Å². The first-order valence-corrected chi connectivity index (χ1v) is 5.58. The fraction of sp³-hybridized carbons (Fsp3) is 0.231. The molecule has 0 bridgehead atoms. The summed E-state index contributed by atoms with van der Waals surface area (Å²) in [6.07, 6.45) is -0.291. The number of hydrogen-bond donors (Lipinski definition) is 3. The van der Waals surface area contributed by atoms with Crippen molar-refractivity contribution in [2.45, 2.75) is 20.3 Å². The molecule has 3 N–H and O–H groups in total. The van der Waals surface area contributed by atoms with Gasteiger partial charge in [0.25, 0.3) is 5.56 Å². The Kier molecular flexibility index (Phi) is 3.06. The van der Waals surface area contributed by atoms with Gasteiger partial charge in [0.1, 0.15) is 0 Å². The largest absolute Gasteiger partial charge is 0.481 e. The van der Waals surface area contributed by atoms with Crippen molar-refractivity contribution in [3.05, 3.63) is 45.2 Å². The zero-order chi connectivity index (χ0) is 13.3. The van der Waals surface area contributed by atoms with Crippen molar-refractivity contribution in [3.8, 4) is 11.3 Å². The van der Waals surface area contributed by atoms with E-state index in [1.807, 2.05) is 32.0 Å². The van der Waals surface area contributed by atoms with Gasteiger partial charge in [0.05, 0.1) is 17.7 Å². The highest BCUT2D eigenvalue weighted by Crippen LogP contribution is 2.22. The summed E-state index contributed by atoms with van der Waals surface area (Å²) in [5, 5.41) is 14.0. The molecule has 2 rings (SSSR count). The highest BCUT2D eigenvalue weighted by atomic mass is 16.4. The third kappa shape index (κ3) is 2.20. The lowest BCUT2D eigenvalue weighted by molar-refractivity contribution is -0.136. The Morgan fingerprint density at radius 3 is 2.56 bits per heavy atom. The van der Waals surface area contributed by atoms with Crippen molar-refractivity contribution in [3.63, 3.8) is 0 Å². The number of aliphatic carboxylic acids is 1. The van der Waals surface area contributed by atoms with Gasteiger partial charge in [0.15, 0.2) is 0 Å². The highest BCUT2D eigenvalue weighted by Gasteiger charge is 2.15. The third-order valence-electron chi connectivity index (χ3n) is 3.00. The van der Waals surface area contributed by atoms with E-state index < -0.39 is 5.97 Å². The molecule has 5 nitrogen and oxygen atoms in total. The SMILES string of the molecule is Cc1ccc(-c2[nH][nH]c(=O)c2CC(=O)O)cc1C. The molecule has 0 aliphatic carbocycles. The Bertz CT molecular complexity index is 652. The smallest absolute Gasteiger partial charge is 0.308 e. The zero-order valence-electron chi connectivity index (χ0n) is 10.2. The Hall–Kier alpha value is -2.30. The first-order valence-electron chi connectivity index (χ1n) is 5.58. The van der Waals surface area contributed by atoms with E-state index in [-0.39, 0.29) is 17.5 Å². The van der Waals surface area contributed by atoms with Gasteiger partial charge in [-0.2, -0.15) is 0 Å². The van der Waals surface area contributed by atoms with Crippen molar-refractivity contribution in [1.29, 1.82) is 0 Å². The number of carboxylic acids is 1. The van der Waals surface area contributed by atoms with Gasteiger partial charge in [-0.1, -0.05) is 12.1 Å². The number of H-pyrrole nitrogens is 2. The van der Waals surface area contributed by atoms with Crippen molar-refractivity contribution >= 4 is 5.97 Å². The normalized spacial score (nSPS) is 10.6. The monoisotopic (exact) mass is 246 g/mol. The minimum Gasteiger partial charge on any atom is -0.481 e. The second-order valence-electron chi connectivity index (χ2n) is 4.30. The topological polar surface area (TPSA) is 86.0 Å². The highest BCUT2D eigenvalue weighted by molar-refractivity contribution is 5.75. The third-order valence-corrected chi connectivity index (χ3v) is 3.00. The summed E-state index contributed by atoms with van der Waals surface area (Å²) in [6.45, 7) is 3.97. The van der Waals surface area contributed by atoms with E-state index in [0.29, 0.717) is 5.69 Å². The van der Waals surface area contributed by atoms with Crippen LogP contribution in [0, 0.1) is 13.8 Å². The lowest BCUT2D eigenvalue weighted by Gasteiger charge is -2.04. The average Bonchev–Trinajstić information content (AvgIpc) is 2.64. The second-order valence-corrected chi connectivity index (χ2v) is 4.30. The van der Waals surface area contributed by atoms with Crippen LogP contribution in [-0.4, -0.2) is 21.3 Å². The van der Waals surface area contributed by atoms with Gasteiger partial charge in [-0.15, -0.1) is 0 Å². The summed E-state index contributed by atoms with van der Waals surface area (Å²) in [6, 6.07) is 5.74. The average molecular weight is 246 g/mol. The maximum absolute atomic E-state index is 11.6. The summed E-state index contributed by atoms with van der Waals surface area (Å²) in [4.78, 5) is 22.3. The number of hydrogen-bond acceptors (Lipinski definition) is 2. The van der Waals surface area contributed by atoms with Gasteiger partial charge < -0.3 is 5.11 Å². The maximum Gasteiger partial charge on any atom is 0.308 e. The maximum atomic E-state index is 11.6. The molecule has 0 saturated heterocycles. The summed E-state index contributed by atoms with van der Waals surface area (Å²) in [5.41, 5.74) is 3.47. The molecule has 0 unspecified atom stereocenters. The molecule has 1 heterocycles. The molecule has 1 aromatic heterocycles. The van der Waals surface area contributed by atoms with Crippen LogP contribution in [0.1, 0.15) is 16.7 Å². The van der Waals surface area contributed by atoms with E-state index in [1.165, 1.54) is 0 Å². The quantitative estimate of drug-likeness (QED) is 0.769. The number of carbonyl (C=O) groups is 1. The van der Waals surface area contributed by atoms with Crippen molar-refractivity contribution in [2.24, 2.45) is 0 Å². The van der Waals surface area contributed by atoms with Crippen LogP contribution in [0.15, 0.2) is 23.0 Å². The minimum atomic E-state index is -1.02. The van der Waals surface area contributed by atoms with Crippen LogP contribution in [-0.2, 0) is 11.2 Å². The zero-order valence-corrected chi connectivity index (χ0v) is 10.2. The number of nitrogens with one attached hydrogen (secondary N) is 2. The number of rotatable bonds is 3. The molecule has 0 atom stereocenters. The van der Waals surface area contributed by atoms with E-state index in [0.717, 1.165) is 16.7 Å². The predicted octanol–water partition coefficient (Wildman–Crippen LogP) is 1.61. The molecule has 0 saturated carbocycles. The summed E-state index contributed by atoms with van der Waals surface area (Å²) in [7, 11) is 0. The summed E-state index contributed by atoms with van der Waals surface area (Å²) < 4.78 is 0. The number of benzene rings is 1. The van der Waals surface area contributed by atoms with Crippen LogP contribution in [0.2, 0.25) is 0 Å². The lowest BCUT2D eigenvalue weighted by Crippen LogP contribution is -2.11. The number of aromatic amines is 2. The Labute approximate surface area is 103 Å². The predicted molar refractivity (Wildman–Crippen MR) is 67.7 cm³/mol. The molecule has 94 valence electrons. The van der Waals surface area contributed by atoms with Gasteiger partial charge in [0, 0.05) is 5.56 Å². The summed E-state index contributed by atoms with van der Waals surface area (Å²) in [5.74, 6) is -1.02. The van der Waals surface area contributed by atoms with Crippen LogP contribution in [0.3, 0.4) is 0 Å². The molecule has 1 aromatic carbocycles. The van der Waals surface area contributed by atoms with Crippen molar-refractivity contribution < 1.29 is 9.90 Å². The van der Waals surface area contributed by atoms with Gasteiger partial charge in [-0.25, -0.2) is 0 Å². The molecule has 0 spiro atoms. The molecule has 0 amide bonds. The molecule has 0 fully saturated rings. The first kappa shape index (κ1) is 12.2. The van der Waals surface area contributed by atoms with E-state index in [1.54, 1.807) is 0 Å². The molecular formula is C13H14N2O3. The fourth-order valence-corrected chi connectivity index (χ4v) is 1.85. The van der Waals surface area contributed by atoms with Gasteiger partial charge in [-0.05, 0) is 31.0 Å².